The summed E-state index contributed by atoms with van der Waals surface area (Å²) in [6.45, 7) is 0.886. The summed E-state index contributed by atoms with van der Waals surface area (Å²) in [7, 11) is 0. The lowest BCUT2D eigenvalue weighted by Gasteiger charge is -2.39. The van der Waals surface area contributed by atoms with E-state index >= 15 is 0 Å². The first-order valence-corrected chi connectivity index (χ1v) is 6.17. The van der Waals surface area contributed by atoms with Gasteiger partial charge in [-0.1, -0.05) is 5.16 Å². The first-order valence-electron chi connectivity index (χ1n) is 6.17. The van der Waals surface area contributed by atoms with Gasteiger partial charge in [0.2, 0.25) is 0 Å². The molecule has 1 aromatic rings. The zero-order valence-electron chi connectivity index (χ0n) is 9.58. The smallest absolute Gasteiger partial charge is 0.308 e. The number of carbonyl (C=O) groups is 1. The molecule has 92 valence electrons. The second-order valence-corrected chi connectivity index (χ2v) is 4.97. The molecular formula is C12H16N2O3. The number of nitrogens with zero attached hydrogens (tertiary/aromatic N) is 2. The van der Waals surface area contributed by atoms with Gasteiger partial charge in [0.15, 0.2) is 5.82 Å². The van der Waals surface area contributed by atoms with Gasteiger partial charge in [0.25, 0.3) is 0 Å². The van der Waals surface area contributed by atoms with Crippen LogP contribution in [0.15, 0.2) is 16.9 Å². The molecule has 1 saturated heterocycles. The van der Waals surface area contributed by atoms with E-state index in [9.17, 15) is 9.90 Å². The highest BCUT2D eigenvalue weighted by atomic mass is 16.5. The molecule has 17 heavy (non-hydrogen) atoms. The monoisotopic (exact) mass is 236 g/mol. The molecule has 0 spiro atoms. The van der Waals surface area contributed by atoms with Crippen LogP contribution in [0.2, 0.25) is 0 Å². The molecule has 5 heteroatoms. The van der Waals surface area contributed by atoms with Crippen molar-refractivity contribution in [3.05, 3.63) is 12.3 Å². The zero-order valence-corrected chi connectivity index (χ0v) is 9.58. The van der Waals surface area contributed by atoms with Crippen LogP contribution in [0, 0.1) is 11.8 Å². The quantitative estimate of drug-likeness (QED) is 0.866. The fraction of sp³-hybridized carbons (Fsp3) is 0.667. The van der Waals surface area contributed by atoms with Crippen LogP contribution >= 0.6 is 0 Å². The average Bonchev–Trinajstić information content (AvgIpc) is 3.03. The number of piperidine rings is 1. The Kier molecular flexibility index (Phi) is 2.53. The molecule has 0 amide bonds. The van der Waals surface area contributed by atoms with E-state index < -0.39 is 5.97 Å². The van der Waals surface area contributed by atoms with Gasteiger partial charge in [0.05, 0.1) is 5.92 Å². The minimum atomic E-state index is -0.671. The minimum Gasteiger partial charge on any atom is -0.481 e. The number of carboxylic acid groups (broad SMARTS) is 1. The largest absolute Gasteiger partial charge is 0.481 e. The van der Waals surface area contributed by atoms with Gasteiger partial charge in [-0.2, -0.15) is 0 Å². The van der Waals surface area contributed by atoms with Crippen molar-refractivity contribution in [2.24, 2.45) is 11.8 Å². The van der Waals surface area contributed by atoms with Crippen molar-refractivity contribution in [2.75, 3.05) is 11.4 Å². The third-order valence-corrected chi connectivity index (χ3v) is 3.83. The topological polar surface area (TPSA) is 66.6 Å². The van der Waals surface area contributed by atoms with Gasteiger partial charge in [0.1, 0.15) is 6.26 Å². The number of carboxylic acids is 1. The van der Waals surface area contributed by atoms with Crippen molar-refractivity contribution in [1.82, 2.24) is 5.16 Å². The van der Waals surface area contributed by atoms with Crippen LogP contribution < -0.4 is 4.90 Å². The molecule has 0 bridgehead atoms. The molecule has 1 aromatic heterocycles. The number of aromatic nitrogens is 1. The second kappa shape index (κ2) is 4.05. The first kappa shape index (κ1) is 10.6. The molecule has 2 atom stereocenters. The Morgan fingerprint density at radius 3 is 2.88 bits per heavy atom. The van der Waals surface area contributed by atoms with Gasteiger partial charge in [0, 0.05) is 18.7 Å². The van der Waals surface area contributed by atoms with Crippen molar-refractivity contribution >= 4 is 11.8 Å². The van der Waals surface area contributed by atoms with E-state index in [4.69, 9.17) is 4.52 Å². The van der Waals surface area contributed by atoms with Gasteiger partial charge in [-0.25, -0.2) is 0 Å². The number of aliphatic carboxylic acids is 1. The second-order valence-electron chi connectivity index (χ2n) is 4.97. The van der Waals surface area contributed by atoms with Crippen LogP contribution in [0.1, 0.15) is 25.7 Å². The molecule has 0 aromatic carbocycles. The van der Waals surface area contributed by atoms with Crippen molar-refractivity contribution in [3.63, 3.8) is 0 Å². The van der Waals surface area contributed by atoms with E-state index in [1.807, 2.05) is 6.07 Å². The van der Waals surface area contributed by atoms with E-state index in [1.165, 1.54) is 0 Å². The highest BCUT2D eigenvalue weighted by Gasteiger charge is 2.45. The van der Waals surface area contributed by atoms with Gasteiger partial charge in [-0.3, -0.25) is 4.79 Å². The van der Waals surface area contributed by atoms with Crippen molar-refractivity contribution < 1.29 is 14.4 Å². The summed E-state index contributed by atoms with van der Waals surface area (Å²) in [6.07, 6.45) is 5.52. The molecule has 1 aliphatic heterocycles. The molecule has 2 heterocycles. The maximum absolute atomic E-state index is 11.3. The molecule has 1 N–H and O–H groups in total. The third-order valence-electron chi connectivity index (χ3n) is 3.83. The fourth-order valence-electron chi connectivity index (χ4n) is 2.93. The Labute approximate surface area is 99.4 Å². The third kappa shape index (κ3) is 1.90. The van der Waals surface area contributed by atoms with Gasteiger partial charge < -0.3 is 14.5 Å². The molecule has 3 rings (SSSR count). The maximum Gasteiger partial charge on any atom is 0.308 e. The highest BCUT2D eigenvalue weighted by molar-refractivity contribution is 5.72. The zero-order chi connectivity index (χ0) is 11.8. The SMILES string of the molecule is O=C(O)[C@H]1CCCN(c2ccon2)[C@@H]1C1CC1. The fourth-order valence-corrected chi connectivity index (χ4v) is 2.93. The molecule has 0 radical (unpaired) electrons. The lowest BCUT2D eigenvalue weighted by Crippen LogP contribution is -2.49. The van der Waals surface area contributed by atoms with E-state index in [2.05, 4.69) is 10.1 Å². The highest BCUT2D eigenvalue weighted by Crippen LogP contribution is 2.43. The summed E-state index contributed by atoms with van der Waals surface area (Å²) < 4.78 is 4.87. The van der Waals surface area contributed by atoms with E-state index in [-0.39, 0.29) is 12.0 Å². The lowest BCUT2D eigenvalue weighted by molar-refractivity contribution is -0.143. The van der Waals surface area contributed by atoms with Crippen molar-refractivity contribution in [2.45, 2.75) is 31.7 Å². The summed E-state index contributed by atoms with van der Waals surface area (Å²) in [5, 5.41) is 13.3. The number of hydrogen-bond donors (Lipinski definition) is 1. The van der Waals surface area contributed by atoms with Crippen LogP contribution in [-0.4, -0.2) is 28.8 Å². The normalized spacial score (nSPS) is 29.3. The minimum absolute atomic E-state index is 0.103. The molecule has 2 fully saturated rings. The Bertz CT molecular complexity index is 400. The van der Waals surface area contributed by atoms with Crippen LogP contribution in [-0.2, 0) is 4.79 Å². The standard InChI is InChI=1S/C12H16N2O3/c15-12(16)9-2-1-6-14(10-5-7-17-13-10)11(9)8-3-4-8/h5,7-9,11H,1-4,6H2,(H,15,16)/t9-,11+/m0/s1. The Morgan fingerprint density at radius 2 is 2.29 bits per heavy atom. The van der Waals surface area contributed by atoms with Gasteiger partial charge in [-0.15, -0.1) is 0 Å². The Morgan fingerprint density at radius 1 is 1.47 bits per heavy atom. The molecule has 2 aliphatic rings. The molecule has 1 saturated carbocycles. The van der Waals surface area contributed by atoms with Crippen molar-refractivity contribution in [1.29, 1.82) is 0 Å². The van der Waals surface area contributed by atoms with E-state index in [0.717, 1.165) is 38.0 Å². The van der Waals surface area contributed by atoms with Crippen LogP contribution in [0.5, 0.6) is 0 Å². The molecule has 1 aliphatic carbocycles. The number of hydrogen-bond acceptors (Lipinski definition) is 4. The van der Waals surface area contributed by atoms with Crippen molar-refractivity contribution in [3.8, 4) is 0 Å². The summed E-state index contributed by atoms with van der Waals surface area (Å²) in [6, 6.07) is 1.92. The lowest BCUT2D eigenvalue weighted by atomic mass is 9.86. The predicted molar refractivity (Wildman–Crippen MR) is 60.7 cm³/mol. The molecule has 5 nitrogen and oxygen atoms in total. The summed E-state index contributed by atoms with van der Waals surface area (Å²) >= 11 is 0. The van der Waals surface area contributed by atoms with Gasteiger partial charge >= 0.3 is 5.97 Å². The first-order chi connectivity index (χ1) is 8.27. The summed E-state index contributed by atoms with van der Waals surface area (Å²) in [5.41, 5.74) is 0. The van der Waals surface area contributed by atoms with Crippen LogP contribution in [0.4, 0.5) is 5.82 Å². The number of rotatable bonds is 3. The molecule has 0 unspecified atom stereocenters. The summed E-state index contributed by atoms with van der Waals surface area (Å²) in [5.74, 6) is 0.379. The predicted octanol–water partition coefficient (Wildman–Crippen LogP) is 1.75. The maximum atomic E-state index is 11.3. The van der Waals surface area contributed by atoms with Crippen LogP contribution in [0.25, 0.3) is 0 Å². The van der Waals surface area contributed by atoms with Gasteiger partial charge in [-0.05, 0) is 31.6 Å². The Balaban J connectivity index is 1.88. The number of anilines is 1. The molecular weight excluding hydrogens is 220 g/mol. The Hall–Kier alpha value is -1.52. The summed E-state index contributed by atoms with van der Waals surface area (Å²) in [4.78, 5) is 13.5. The average molecular weight is 236 g/mol. The van der Waals surface area contributed by atoms with E-state index in [1.54, 1.807) is 6.26 Å². The van der Waals surface area contributed by atoms with E-state index in [0.29, 0.717) is 5.92 Å². The van der Waals surface area contributed by atoms with Crippen LogP contribution in [0.3, 0.4) is 0 Å².